The van der Waals surface area contributed by atoms with Crippen molar-refractivity contribution in [3.05, 3.63) is 0 Å². The highest BCUT2D eigenvalue weighted by molar-refractivity contribution is 5.04. The lowest BCUT2D eigenvalue weighted by Gasteiger charge is -2.23. The molecule has 0 bridgehead atoms. The Morgan fingerprint density at radius 2 is 1.93 bits per heavy atom. The van der Waals surface area contributed by atoms with Crippen LogP contribution in [0.5, 0.6) is 0 Å². The normalized spacial score (nSPS) is 25.5. The second-order valence-corrected chi connectivity index (χ2v) is 4.66. The third-order valence-electron chi connectivity index (χ3n) is 3.36. The van der Waals surface area contributed by atoms with Gasteiger partial charge in [0.25, 0.3) is 0 Å². The number of rotatable bonds is 6. The van der Waals surface area contributed by atoms with Gasteiger partial charge in [-0.15, -0.1) is 0 Å². The van der Waals surface area contributed by atoms with Crippen molar-refractivity contribution in [2.75, 3.05) is 0 Å². The Hall–Kier alpha value is -0.180. The number of alkyl halides is 2. The lowest BCUT2D eigenvalue weighted by molar-refractivity contribution is 0.143. The van der Waals surface area contributed by atoms with Gasteiger partial charge in [0.15, 0.2) is 0 Å². The van der Waals surface area contributed by atoms with E-state index < -0.39 is 12.3 Å². The van der Waals surface area contributed by atoms with Crippen LogP contribution in [0.3, 0.4) is 0 Å². The van der Waals surface area contributed by atoms with E-state index in [-0.39, 0.29) is 17.9 Å². The largest absolute Gasteiger partial charge is 0.325 e. The van der Waals surface area contributed by atoms with E-state index in [0.29, 0.717) is 6.42 Å². The zero-order valence-electron chi connectivity index (χ0n) is 9.10. The molecule has 0 spiro atoms. The molecule has 0 aromatic heterocycles. The molecule has 0 heterocycles. The van der Waals surface area contributed by atoms with E-state index in [0.717, 1.165) is 19.3 Å². The van der Waals surface area contributed by atoms with Crippen LogP contribution in [0.1, 0.15) is 46.0 Å². The van der Waals surface area contributed by atoms with Gasteiger partial charge in [-0.25, -0.2) is 8.78 Å². The van der Waals surface area contributed by atoms with Gasteiger partial charge in [0.05, 0.1) is 0 Å². The van der Waals surface area contributed by atoms with Gasteiger partial charge in [-0.3, -0.25) is 0 Å². The number of nitrogens with two attached hydrogens (primary N) is 1. The molecular weight excluding hydrogens is 184 g/mol. The summed E-state index contributed by atoms with van der Waals surface area (Å²) in [7, 11) is 0. The van der Waals surface area contributed by atoms with Crippen LogP contribution in [0, 0.1) is 5.92 Å². The van der Waals surface area contributed by atoms with Crippen LogP contribution in [-0.4, -0.2) is 17.9 Å². The van der Waals surface area contributed by atoms with Crippen molar-refractivity contribution in [1.82, 2.24) is 0 Å². The molecule has 0 amide bonds. The highest BCUT2D eigenvalue weighted by Crippen LogP contribution is 2.42. The zero-order chi connectivity index (χ0) is 10.8. The van der Waals surface area contributed by atoms with Gasteiger partial charge in [0.2, 0.25) is 0 Å². The average Bonchev–Trinajstić information content (AvgIpc) is 2.84. The van der Waals surface area contributed by atoms with Gasteiger partial charge >= 0.3 is 0 Å². The first-order chi connectivity index (χ1) is 6.49. The molecule has 1 aliphatic rings. The second kappa shape index (κ2) is 4.56. The quantitative estimate of drug-likeness (QED) is 0.708. The van der Waals surface area contributed by atoms with Crippen LogP contribution in [0.25, 0.3) is 0 Å². The van der Waals surface area contributed by atoms with Gasteiger partial charge < -0.3 is 5.73 Å². The van der Waals surface area contributed by atoms with Gasteiger partial charge in [-0.2, -0.15) is 0 Å². The molecule has 3 unspecified atom stereocenters. The van der Waals surface area contributed by atoms with Crippen LogP contribution < -0.4 is 5.73 Å². The molecule has 3 heteroatoms. The van der Waals surface area contributed by atoms with Crippen molar-refractivity contribution in [3.8, 4) is 0 Å². The highest BCUT2D eigenvalue weighted by atomic mass is 19.1. The first-order valence-electron chi connectivity index (χ1n) is 5.56. The molecule has 1 fully saturated rings. The predicted octanol–water partition coefficient (Wildman–Crippen LogP) is 2.98. The zero-order valence-corrected chi connectivity index (χ0v) is 9.10. The van der Waals surface area contributed by atoms with Crippen LogP contribution in [0.2, 0.25) is 0 Å². The minimum Gasteiger partial charge on any atom is -0.325 e. The Morgan fingerprint density at radius 3 is 2.36 bits per heavy atom. The molecule has 0 aliphatic heterocycles. The fourth-order valence-corrected chi connectivity index (χ4v) is 1.84. The van der Waals surface area contributed by atoms with Gasteiger partial charge in [-0.05, 0) is 19.3 Å². The lowest BCUT2D eigenvalue weighted by Crippen LogP contribution is -2.37. The number of hydrogen-bond acceptors (Lipinski definition) is 1. The molecule has 3 atom stereocenters. The van der Waals surface area contributed by atoms with Crippen LogP contribution in [0.15, 0.2) is 0 Å². The SMILES string of the molecule is CCCC(F)CC(F)C(C)C1(N)CC1. The monoisotopic (exact) mass is 205 g/mol. The van der Waals surface area contributed by atoms with Crippen molar-refractivity contribution < 1.29 is 8.78 Å². The van der Waals surface area contributed by atoms with Gasteiger partial charge in [0.1, 0.15) is 12.3 Å². The third kappa shape index (κ3) is 2.91. The number of halogens is 2. The molecule has 1 nitrogen and oxygen atoms in total. The average molecular weight is 205 g/mol. The fraction of sp³-hybridized carbons (Fsp3) is 1.00. The maximum atomic E-state index is 13.6. The maximum absolute atomic E-state index is 13.6. The highest BCUT2D eigenvalue weighted by Gasteiger charge is 2.46. The number of hydrogen-bond donors (Lipinski definition) is 1. The predicted molar refractivity (Wildman–Crippen MR) is 54.6 cm³/mol. The van der Waals surface area contributed by atoms with E-state index in [1.54, 1.807) is 6.92 Å². The lowest BCUT2D eigenvalue weighted by atomic mass is 9.91. The summed E-state index contributed by atoms with van der Waals surface area (Å²) in [6.45, 7) is 3.71. The van der Waals surface area contributed by atoms with Crippen LogP contribution in [0.4, 0.5) is 8.78 Å². The standard InChI is InChI=1S/C11H21F2N/c1-3-4-9(12)7-10(13)8(2)11(14)5-6-11/h8-10H,3-7,14H2,1-2H3. The van der Waals surface area contributed by atoms with Gasteiger partial charge in [0, 0.05) is 17.9 Å². The summed E-state index contributed by atoms with van der Waals surface area (Å²) in [6.07, 6.45) is 0.955. The summed E-state index contributed by atoms with van der Waals surface area (Å²) in [5, 5.41) is 0. The van der Waals surface area contributed by atoms with Crippen LogP contribution >= 0.6 is 0 Å². The van der Waals surface area contributed by atoms with E-state index in [4.69, 9.17) is 5.73 Å². The first kappa shape index (κ1) is 11.9. The molecule has 1 saturated carbocycles. The summed E-state index contributed by atoms with van der Waals surface area (Å²) < 4.78 is 26.7. The molecule has 1 rings (SSSR count). The maximum Gasteiger partial charge on any atom is 0.107 e. The van der Waals surface area contributed by atoms with Crippen molar-refractivity contribution in [2.45, 2.75) is 63.8 Å². The van der Waals surface area contributed by atoms with E-state index in [2.05, 4.69) is 0 Å². The summed E-state index contributed by atoms with van der Waals surface area (Å²) in [4.78, 5) is 0. The van der Waals surface area contributed by atoms with Crippen molar-refractivity contribution in [2.24, 2.45) is 11.7 Å². The Bertz CT molecular complexity index is 180. The summed E-state index contributed by atoms with van der Waals surface area (Å²) >= 11 is 0. The first-order valence-corrected chi connectivity index (χ1v) is 5.56. The minimum atomic E-state index is -1.08. The Labute approximate surface area is 85.1 Å². The Kier molecular flexibility index (Phi) is 3.87. The Morgan fingerprint density at radius 1 is 1.36 bits per heavy atom. The van der Waals surface area contributed by atoms with E-state index in [9.17, 15) is 8.78 Å². The van der Waals surface area contributed by atoms with E-state index in [1.165, 1.54) is 0 Å². The molecule has 0 radical (unpaired) electrons. The van der Waals surface area contributed by atoms with E-state index in [1.807, 2.05) is 6.92 Å². The molecule has 84 valence electrons. The Balaban J connectivity index is 2.30. The molecule has 0 aromatic carbocycles. The third-order valence-corrected chi connectivity index (χ3v) is 3.36. The van der Waals surface area contributed by atoms with Crippen molar-refractivity contribution in [3.63, 3.8) is 0 Å². The van der Waals surface area contributed by atoms with Crippen LogP contribution in [-0.2, 0) is 0 Å². The minimum absolute atomic E-state index is 0.0218. The molecule has 0 aromatic rings. The molecule has 1 aliphatic carbocycles. The fourth-order valence-electron chi connectivity index (χ4n) is 1.84. The second-order valence-electron chi connectivity index (χ2n) is 4.66. The smallest absolute Gasteiger partial charge is 0.107 e. The molecular formula is C11H21F2N. The van der Waals surface area contributed by atoms with Gasteiger partial charge in [-0.1, -0.05) is 20.3 Å². The molecule has 14 heavy (non-hydrogen) atoms. The van der Waals surface area contributed by atoms with E-state index >= 15 is 0 Å². The topological polar surface area (TPSA) is 26.0 Å². The summed E-state index contributed by atoms with van der Waals surface area (Å²) in [5.74, 6) is -0.197. The summed E-state index contributed by atoms with van der Waals surface area (Å²) in [5.41, 5.74) is 5.55. The molecule has 0 saturated heterocycles. The van der Waals surface area contributed by atoms with Crippen molar-refractivity contribution >= 4 is 0 Å². The molecule has 2 N–H and O–H groups in total. The summed E-state index contributed by atoms with van der Waals surface area (Å²) in [6, 6.07) is 0. The van der Waals surface area contributed by atoms with Crippen molar-refractivity contribution in [1.29, 1.82) is 0 Å².